The molecule has 4 nitrogen and oxygen atoms in total. The third-order valence-electron chi connectivity index (χ3n) is 5.04. The van der Waals surface area contributed by atoms with E-state index in [0.717, 1.165) is 50.6 Å². The molecular formula is C31H48N2O2S. The highest BCUT2D eigenvalue weighted by atomic mass is 32.1. The van der Waals surface area contributed by atoms with Gasteiger partial charge in [0.1, 0.15) is 11.8 Å². The molecule has 0 aliphatic carbocycles. The van der Waals surface area contributed by atoms with E-state index in [1.165, 1.54) is 0 Å². The summed E-state index contributed by atoms with van der Waals surface area (Å²) in [6.45, 7) is 8.19. The van der Waals surface area contributed by atoms with Crippen molar-refractivity contribution < 1.29 is 9.59 Å². The van der Waals surface area contributed by atoms with Crippen molar-refractivity contribution in [2.24, 2.45) is 0 Å². The summed E-state index contributed by atoms with van der Waals surface area (Å²) >= 11 is 4.18. The van der Waals surface area contributed by atoms with Gasteiger partial charge in [0, 0.05) is 30.8 Å². The van der Waals surface area contributed by atoms with Crippen LogP contribution >= 0.6 is 12.6 Å². The number of amides is 1. The summed E-state index contributed by atoms with van der Waals surface area (Å²) in [4.78, 5) is 24.0. The van der Waals surface area contributed by atoms with E-state index in [-0.39, 0.29) is 11.7 Å². The average molecular weight is 513 g/mol. The Hall–Kier alpha value is -2.53. The van der Waals surface area contributed by atoms with Gasteiger partial charge in [0.15, 0.2) is 0 Å². The largest absolute Gasteiger partial charge is 0.377 e. The predicted octanol–water partition coefficient (Wildman–Crippen LogP) is 7.35. The van der Waals surface area contributed by atoms with Crippen LogP contribution < -0.4 is 10.6 Å². The van der Waals surface area contributed by atoms with Crippen molar-refractivity contribution in [2.45, 2.75) is 84.1 Å². The van der Waals surface area contributed by atoms with E-state index in [4.69, 9.17) is 0 Å². The molecule has 2 N–H and O–H groups in total. The van der Waals surface area contributed by atoms with Gasteiger partial charge in [0.05, 0.1) is 0 Å². The average Bonchev–Trinajstić information content (AvgIpc) is 2.86. The Morgan fingerprint density at radius 2 is 1.25 bits per heavy atom. The molecule has 0 saturated carbocycles. The third-order valence-corrected chi connectivity index (χ3v) is 5.40. The minimum atomic E-state index is -0.394. The standard InChI is InChI=1S/C31H48N2O2S/c1-4-5-6-7-8-9-10-11-12-13-14-15-16-17-18-19-20-21-22-24-29(34)25-23-26-32-31(35)30(27-36)33-28(2)3/h5-6,8-9,11-12,14-15,17-18,20-21,30,33,36H,2,4,7,10,13,16,19,22-27H2,1,3H3,(H,32,35)/b6-5-,9-8-,12-11-,15-14-,18-17-,21-20-/t30-/m0/s1. The highest BCUT2D eigenvalue weighted by Crippen LogP contribution is 2.02. The van der Waals surface area contributed by atoms with E-state index >= 15 is 0 Å². The number of thiol groups is 1. The number of nitrogens with one attached hydrogen (secondary N) is 2. The molecule has 0 saturated heterocycles. The van der Waals surface area contributed by atoms with E-state index in [1.54, 1.807) is 6.92 Å². The van der Waals surface area contributed by atoms with Gasteiger partial charge in [0.2, 0.25) is 5.91 Å². The molecule has 0 aromatic heterocycles. The van der Waals surface area contributed by atoms with Gasteiger partial charge in [-0.2, -0.15) is 12.6 Å². The zero-order valence-corrected chi connectivity index (χ0v) is 23.4. The normalized spacial score (nSPS) is 13.2. The van der Waals surface area contributed by atoms with Crippen molar-refractivity contribution in [2.75, 3.05) is 12.3 Å². The van der Waals surface area contributed by atoms with Crippen molar-refractivity contribution in [3.05, 3.63) is 85.2 Å². The second-order valence-corrected chi connectivity index (χ2v) is 8.91. The van der Waals surface area contributed by atoms with Crippen LogP contribution in [0.5, 0.6) is 0 Å². The van der Waals surface area contributed by atoms with E-state index in [2.05, 4.69) is 110 Å². The van der Waals surface area contributed by atoms with Crippen LogP contribution in [0.1, 0.15) is 78.1 Å². The minimum absolute atomic E-state index is 0.113. The lowest BCUT2D eigenvalue weighted by Gasteiger charge is -2.17. The maximum atomic E-state index is 12.0. The zero-order valence-electron chi connectivity index (χ0n) is 22.5. The molecule has 5 heteroatoms. The molecule has 0 spiro atoms. The fourth-order valence-corrected chi connectivity index (χ4v) is 3.38. The minimum Gasteiger partial charge on any atom is -0.377 e. The van der Waals surface area contributed by atoms with E-state index in [9.17, 15) is 9.59 Å². The maximum absolute atomic E-state index is 12.0. The molecule has 200 valence electrons. The van der Waals surface area contributed by atoms with E-state index in [0.29, 0.717) is 31.6 Å². The van der Waals surface area contributed by atoms with E-state index < -0.39 is 6.04 Å². The Labute approximate surface area is 225 Å². The summed E-state index contributed by atoms with van der Waals surface area (Å²) in [5, 5.41) is 5.83. The van der Waals surface area contributed by atoms with Crippen molar-refractivity contribution >= 4 is 24.3 Å². The molecule has 0 radical (unpaired) electrons. The third kappa shape index (κ3) is 23.2. The molecule has 0 bridgehead atoms. The molecule has 0 aliphatic rings. The van der Waals surface area contributed by atoms with Gasteiger partial charge in [-0.3, -0.25) is 9.59 Å². The van der Waals surface area contributed by atoms with Crippen molar-refractivity contribution in [1.82, 2.24) is 10.6 Å². The monoisotopic (exact) mass is 512 g/mol. The highest BCUT2D eigenvalue weighted by Gasteiger charge is 2.15. The van der Waals surface area contributed by atoms with Gasteiger partial charge in [0.25, 0.3) is 0 Å². The van der Waals surface area contributed by atoms with Crippen LogP contribution in [0, 0.1) is 0 Å². The topological polar surface area (TPSA) is 58.2 Å². The summed E-state index contributed by atoms with van der Waals surface area (Å²) < 4.78 is 0. The number of carbonyl (C=O) groups excluding carboxylic acids is 2. The van der Waals surface area contributed by atoms with Gasteiger partial charge in [-0.15, -0.1) is 0 Å². The summed E-state index contributed by atoms with van der Waals surface area (Å²) in [6.07, 6.45) is 34.5. The lowest BCUT2D eigenvalue weighted by atomic mass is 10.1. The number of Topliss-reactive ketones (excluding diaryl/α,β-unsaturated/α-hetero) is 1. The maximum Gasteiger partial charge on any atom is 0.243 e. The number of allylic oxidation sites excluding steroid dienone is 13. The molecule has 0 aromatic carbocycles. The summed E-state index contributed by atoms with van der Waals surface area (Å²) in [5.74, 6) is 0.511. The second kappa shape index (κ2) is 25.6. The van der Waals surface area contributed by atoms with Crippen LogP contribution in [0.25, 0.3) is 0 Å². The van der Waals surface area contributed by atoms with E-state index in [1.807, 2.05) is 0 Å². The van der Waals surface area contributed by atoms with Gasteiger partial charge >= 0.3 is 0 Å². The number of hydrogen-bond acceptors (Lipinski definition) is 4. The van der Waals surface area contributed by atoms with Gasteiger partial charge in [-0.25, -0.2) is 0 Å². The van der Waals surface area contributed by atoms with Crippen molar-refractivity contribution in [3.63, 3.8) is 0 Å². The Balaban J connectivity index is 3.72. The lowest BCUT2D eigenvalue weighted by molar-refractivity contribution is -0.123. The molecule has 0 unspecified atom stereocenters. The van der Waals surface area contributed by atoms with Crippen LogP contribution in [0.15, 0.2) is 85.2 Å². The van der Waals surface area contributed by atoms with Crippen molar-refractivity contribution in [1.29, 1.82) is 0 Å². The first kappa shape index (κ1) is 33.5. The number of carbonyl (C=O) groups is 2. The molecule has 1 amide bonds. The molecule has 0 fully saturated rings. The summed E-state index contributed by atoms with van der Waals surface area (Å²) in [5.41, 5.74) is 0.730. The number of ketones is 1. The molecule has 0 aliphatic heterocycles. The van der Waals surface area contributed by atoms with Crippen LogP contribution in [0.2, 0.25) is 0 Å². The fourth-order valence-electron chi connectivity index (χ4n) is 3.12. The first-order valence-electron chi connectivity index (χ1n) is 13.2. The SMILES string of the molecule is C=C(C)N[C@@H](CS)C(=O)NCCCC(=O)CC/C=C\C/C=C\C/C=C\C/C=C\C/C=C\C/C=C\CC. The molecule has 0 rings (SSSR count). The smallest absolute Gasteiger partial charge is 0.243 e. The Morgan fingerprint density at radius 1 is 0.778 bits per heavy atom. The van der Waals surface area contributed by atoms with Gasteiger partial charge in [-0.05, 0) is 58.3 Å². The van der Waals surface area contributed by atoms with Gasteiger partial charge < -0.3 is 10.6 Å². The number of rotatable bonds is 22. The second-order valence-electron chi connectivity index (χ2n) is 8.55. The fraction of sp³-hybridized carbons (Fsp3) is 0.484. The predicted molar refractivity (Wildman–Crippen MR) is 160 cm³/mol. The lowest BCUT2D eigenvalue weighted by Crippen LogP contribution is -2.44. The molecule has 0 heterocycles. The van der Waals surface area contributed by atoms with Crippen LogP contribution in [0.3, 0.4) is 0 Å². The first-order chi connectivity index (χ1) is 17.5. The number of hydrogen-bond donors (Lipinski definition) is 3. The Morgan fingerprint density at radius 3 is 1.69 bits per heavy atom. The van der Waals surface area contributed by atoms with Gasteiger partial charge in [-0.1, -0.05) is 86.4 Å². The Kier molecular flexibility index (Phi) is 23.8. The summed E-state index contributed by atoms with van der Waals surface area (Å²) in [7, 11) is 0. The van der Waals surface area contributed by atoms with Crippen molar-refractivity contribution in [3.8, 4) is 0 Å². The zero-order chi connectivity index (χ0) is 26.7. The Bertz CT molecular complexity index is 775. The first-order valence-corrected chi connectivity index (χ1v) is 13.9. The van der Waals surface area contributed by atoms with Crippen LogP contribution in [-0.4, -0.2) is 30.0 Å². The van der Waals surface area contributed by atoms with Crippen LogP contribution in [0.4, 0.5) is 0 Å². The highest BCUT2D eigenvalue weighted by molar-refractivity contribution is 7.80. The van der Waals surface area contributed by atoms with Crippen LogP contribution in [-0.2, 0) is 9.59 Å². The molecule has 36 heavy (non-hydrogen) atoms. The molecular weight excluding hydrogens is 464 g/mol. The quantitative estimate of drug-likeness (QED) is 0.0807. The summed E-state index contributed by atoms with van der Waals surface area (Å²) in [6, 6.07) is -0.394. The molecule has 0 aromatic rings. The molecule has 1 atom stereocenters.